The van der Waals surface area contributed by atoms with Crippen LogP contribution in [-0.2, 0) is 21.4 Å². The topological polar surface area (TPSA) is 57.7 Å². The molecule has 2 aromatic carbocycles. The molecule has 1 aliphatic heterocycles. The number of aryl methyl sites for hydroxylation is 1. The summed E-state index contributed by atoms with van der Waals surface area (Å²) in [5, 5.41) is 0. The van der Waals surface area contributed by atoms with E-state index in [9.17, 15) is 13.2 Å². The predicted molar refractivity (Wildman–Crippen MR) is 106 cm³/mol. The highest BCUT2D eigenvalue weighted by atomic mass is 32.2. The average Bonchev–Trinajstić information content (AvgIpc) is 2.70. The molecule has 0 aromatic heterocycles. The monoisotopic (exact) mass is 386 g/mol. The molecular formula is C21H26N2O3S. The maximum absolute atomic E-state index is 12.9. The van der Waals surface area contributed by atoms with Crippen LogP contribution in [0.3, 0.4) is 0 Å². The lowest BCUT2D eigenvalue weighted by Gasteiger charge is -2.33. The van der Waals surface area contributed by atoms with Gasteiger partial charge < -0.3 is 4.90 Å². The molecule has 1 fully saturated rings. The quantitative estimate of drug-likeness (QED) is 0.794. The van der Waals surface area contributed by atoms with Crippen molar-refractivity contribution in [3.63, 3.8) is 0 Å². The van der Waals surface area contributed by atoms with Crippen molar-refractivity contribution < 1.29 is 13.2 Å². The van der Waals surface area contributed by atoms with Crippen molar-refractivity contribution >= 4 is 15.9 Å². The first-order chi connectivity index (χ1) is 12.9. The number of nitrogens with zero attached hydrogens (tertiary/aromatic N) is 2. The Bertz CT molecular complexity index is 879. The van der Waals surface area contributed by atoms with E-state index in [0.717, 1.165) is 12.0 Å². The van der Waals surface area contributed by atoms with Crippen LogP contribution in [0.1, 0.15) is 24.0 Å². The molecule has 0 saturated carbocycles. The molecule has 1 aliphatic rings. The molecule has 27 heavy (non-hydrogen) atoms. The third-order valence-corrected chi connectivity index (χ3v) is 6.91. The molecule has 0 N–H and O–H groups in total. The summed E-state index contributed by atoms with van der Waals surface area (Å²) < 4.78 is 27.2. The zero-order valence-electron chi connectivity index (χ0n) is 15.8. The van der Waals surface area contributed by atoms with Gasteiger partial charge in [0, 0.05) is 26.7 Å². The maximum atomic E-state index is 12.9. The Hall–Kier alpha value is -2.18. The second kappa shape index (κ2) is 8.23. The molecule has 0 unspecified atom stereocenters. The highest BCUT2D eigenvalue weighted by Crippen LogP contribution is 2.25. The van der Waals surface area contributed by atoms with Crippen molar-refractivity contribution in [3.8, 4) is 0 Å². The van der Waals surface area contributed by atoms with Gasteiger partial charge in [0.05, 0.1) is 10.8 Å². The molecule has 2 aromatic rings. The zero-order chi connectivity index (χ0) is 19.4. The van der Waals surface area contributed by atoms with E-state index in [1.807, 2.05) is 31.2 Å². The second-order valence-corrected chi connectivity index (χ2v) is 9.13. The fraction of sp³-hybridized carbons (Fsp3) is 0.381. The Balaban J connectivity index is 1.68. The Morgan fingerprint density at radius 2 is 1.78 bits per heavy atom. The van der Waals surface area contributed by atoms with Crippen LogP contribution in [0, 0.1) is 12.8 Å². The molecule has 1 saturated heterocycles. The van der Waals surface area contributed by atoms with E-state index >= 15 is 0 Å². The summed E-state index contributed by atoms with van der Waals surface area (Å²) in [6, 6.07) is 16.5. The van der Waals surface area contributed by atoms with Crippen molar-refractivity contribution in [2.45, 2.75) is 31.2 Å². The molecule has 1 amide bonds. The van der Waals surface area contributed by atoms with Gasteiger partial charge >= 0.3 is 0 Å². The molecule has 6 heteroatoms. The molecular weight excluding hydrogens is 360 g/mol. The van der Waals surface area contributed by atoms with Crippen LogP contribution in [0.4, 0.5) is 0 Å². The van der Waals surface area contributed by atoms with E-state index in [2.05, 4.69) is 0 Å². The standard InChI is InChI=1S/C21H26N2O3S/c1-17-10-12-18(13-11-17)15-22(2)21(24)19-7-6-14-23(16-19)27(25,26)20-8-4-3-5-9-20/h3-5,8-13,19H,6-7,14-16H2,1-2H3/t19-/m0/s1. The van der Waals surface area contributed by atoms with E-state index < -0.39 is 10.0 Å². The minimum atomic E-state index is -3.56. The van der Waals surface area contributed by atoms with Gasteiger partial charge in [-0.1, -0.05) is 48.0 Å². The summed E-state index contributed by atoms with van der Waals surface area (Å²) in [5.74, 6) is -0.295. The lowest BCUT2D eigenvalue weighted by molar-refractivity contribution is -0.135. The molecule has 3 rings (SSSR count). The zero-order valence-corrected chi connectivity index (χ0v) is 16.7. The van der Waals surface area contributed by atoms with E-state index in [-0.39, 0.29) is 23.3 Å². The number of carbonyl (C=O) groups is 1. The number of hydrogen-bond acceptors (Lipinski definition) is 3. The van der Waals surface area contributed by atoms with E-state index in [1.165, 1.54) is 9.87 Å². The van der Waals surface area contributed by atoms with Crippen LogP contribution < -0.4 is 0 Å². The van der Waals surface area contributed by atoms with Gasteiger partial charge in [-0.15, -0.1) is 0 Å². The van der Waals surface area contributed by atoms with Gasteiger partial charge in [-0.2, -0.15) is 4.31 Å². The summed E-state index contributed by atoms with van der Waals surface area (Å²) in [4.78, 5) is 14.9. The largest absolute Gasteiger partial charge is 0.341 e. The summed E-state index contributed by atoms with van der Waals surface area (Å²) in [5.41, 5.74) is 2.25. The van der Waals surface area contributed by atoms with E-state index in [1.54, 1.807) is 42.3 Å². The highest BCUT2D eigenvalue weighted by molar-refractivity contribution is 7.89. The van der Waals surface area contributed by atoms with Gasteiger partial charge in [-0.25, -0.2) is 8.42 Å². The first kappa shape index (κ1) is 19.6. The number of hydrogen-bond donors (Lipinski definition) is 0. The third-order valence-electron chi connectivity index (χ3n) is 5.03. The van der Waals surface area contributed by atoms with Gasteiger partial charge in [0.2, 0.25) is 15.9 Å². The molecule has 0 bridgehead atoms. The summed E-state index contributed by atoms with van der Waals surface area (Å²) in [6.45, 7) is 3.26. The van der Waals surface area contributed by atoms with Crippen LogP contribution in [0.5, 0.6) is 0 Å². The SMILES string of the molecule is Cc1ccc(CN(C)C(=O)[C@H]2CCCN(S(=O)(=O)c3ccccc3)C2)cc1. The Morgan fingerprint density at radius 1 is 1.11 bits per heavy atom. The molecule has 144 valence electrons. The Labute approximate surface area is 161 Å². The van der Waals surface area contributed by atoms with Crippen molar-refractivity contribution in [2.75, 3.05) is 20.1 Å². The Morgan fingerprint density at radius 3 is 2.44 bits per heavy atom. The minimum absolute atomic E-state index is 0.00327. The lowest BCUT2D eigenvalue weighted by Crippen LogP contribution is -2.45. The van der Waals surface area contributed by atoms with Gasteiger partial charge in [-0.3, -0.25) is 4.79 Å². The number of amides is 1. The van der Waals surface area contributed by atoms with Crippen LogP contribution in [0.25, 0.3) is 0 Å². The van der Waals surface area contributed by atoms with Gasteiger partial charge in [0.25, 0.3) is 0 Å². The molecule has 0 spiro atoms. The fourth-order valence-corrected chi connectivity index (χ4v) is 5.01. The number of piperidine rings is 1. The summed E-state index contributed by atoms with van der Waals surface area (Å²) >= 11 is 0. The first-order valence-electron chi connectivity index (χ1n) is 9.23. The predicted octanol–water partition coefficient (Wildman–Crippen LogP) is 3.05. The van der Waals surface area contributed by atoms with Crippen LogP contribution in [0.15, 0.2) is 59.5 Å². The van der Waals surface area contributed by atoms with E-state index in [4.69, 9.17) is 0 Å². The van der Waals surface area contributed by atoms with Crippen LogP contribution in [-0.4, -0.2) is 43.7 Å². The highest BCUT2D eigenvalue weighted by Gasteiger charge is 2.34. The molecule has 0 aliphatic carbocycles. The second-order valence-electron chi connectivity index (χ2n) is 7.20. The minimum Gasteiger partial charge on any atom is -0.341 e. The average molecular weight is 387 g/mol. The van der Waals surface area contributed by atoms with Crippen LogP contribution >= 0.6 is 0 Å². The number of sulfonamides is 1. The van der Waals surface area contributed by atoms with Crippen molar-refractivity contribution in [1.82, 2.24) is 9.21 Å². The van der Waals surface area contributed by atoms with Gasteiger partial charge in [0.15, 0.2) is 0 Å². The number of carbonyl (C=O) groups excluding carboxylic acids is 1. The first-order valence-corrected chi connectivity index (χ1v) is 10.7. The van der Waals surface area contributed by atoms with Crippen molar-refractivity contribution in [2.24, 2.45) is 5.92 Å². The van der Waals surface area contributed by atoms with Crippen molar-refractivity contribution in [1.29, 1.82) is 0 Å². The third kappa shape index (κ3) is 4.57. The summed E-state index contributed by atoms with van der Waals surface area (Å²) in [7, 11) is -1.77. The van der Waals surface area contributed by atoms with Crippen LogP contribution in [0.2, 0.25) is 0 Å². The summed E-state index contributed by atoms with van der Waals surface area (Å²) in [6.07, 6.45) is 1.42. The number of benzene rings is 2. The lowest BCUT2D eigenvalue weighted by atomic mass is 9.98. The van der Waals surface area contributed by atoms with E-state index in [0.29, 0.717) is 19.5 Å². The van der Waals surface area contributed by atoms with Gasteiger partial charge in [-0.05, 0) is 37.5 Å². The molecule has 5 nitrogen and oxygen atoms in total. The number of rotatable bonds is 5. The van der Waals surface area contributed by atoms with Crippen molar-refractivity contribution in [3.05, 3.63) is 65.7 Å². The van der Waals surface area contributed by atoms with Gasteiger partial charge in [0.1, 0.15) is 0 Å². The normalized spacial score (nSPS) is 18.2. The molecule has 1 heterocycles. The smallest absolute Gasteiger partial charge is 0.243 e. The molecule has 0 radical (unpaired) electrons. The maximum Gasteiger partial charge on any atom is 0.243 e. The molecule has 1 atom stereocenters. The fourth-order valence-electron chi connectivity index (χ4n) is 3.46. The Kier molecular flexibility index (Phi) is 5.97.